The molecule has 7 heteroatoms. The van der Waals surface area contributed by atoms with E-state index in [9.17, 15) is 0 Å². The number of nitrogen functional groups attached to an aromatic ring is 1. The third kappa shape index (κ3) is 3.41. The van der Waals surface area contributed by atoms with Crippen LogP contribution in [-0.2, 0) is 0 Å². The summed E-state index contributed by atoms with van der Waals surface area (Å²) in [5.74, 6) is 0.471. The van der Waals surface area contributed by atoms with E-state index < -0.39 is 0 Å². The molecule has 4 nitrogen and oxygen atoms in total. The zero-order valence-electron chi connectivity index (χ0n) is 9.99. The first-order chi connectivity index (χ1) is 8.97. The van der Waals surface area contributed by atoms with E-state index in [1.165, 1.54) is 6.20 Å². The van der Waals surface area contributed by atoms with Crippen LogP contribution in [0.2, 0.25) is 15.3 Å². The Kier molecular flexibility index (Phi) is 4.34. The van der Waals surface area contributed by atoms with Crippen molar-refractivity contribution in [2.24, 2.45) is 0 Å². The van der Waals surface area contributed by atoms with Gasteiger partial charge in [0.25, 0.3) is 0 Å². The fourth-order valence-corrected chi connectivity index (χ4v) is 2.33. The van der Waals surface area contributed by atoms with Crippen LogP contribution in [-0.4, -0.2) is 9.97 Å². The molecule has 0 amide bonds. The molecule has 2 aromatic rings. The van der Waals surface area contributed by atoms with E-state index in [1.54, 1.807) is 12.1 Å². The maximum Gasteiger partial charge on any atom is 0.224 e. The summed E-state index contributed by atoms with van der Waals surface area (Å²) in [6, 6.07) is 5.21. The monoisotopic (exact) mass is 316 g/mol. The van der Waals surface area contributed by atoms with Crippen LogP contribution in [0.3, 0.4) is 0 Å². The second-order valence-electron chi connectivity index (χ2n) is 3.97. The summed E-state index contributed by atoms with van der Waals surface area (Å²) >= 11 is 17.7. The Morgan fingerprint density at radius 3 is 2.68 bits per heavy atom. The van der Waals surface area contributed by atoms with Gasteiger partial charge in [-0.15, -0.1) is 0 Å². The van der Waals surface area contributed by atoms with Gasteiger partial charge in [-0.25, -0.2) is 4.98 Å². The average Bonchev–Trinajstić information content (AvgIpc) is 2.33. The Balaban J connectivity index is 2.25. The first-order valence-corrected chi connectivity index (χ1v) is 6.60. The quantitative estimate of drug-likeness (QED) is 0.833. The van der Waals surface area contributed by atoms with Crippen molar-refractivity contribution < 1.29 is 0 Å². The Morgan fingerprint density at radius 2 is 2.00 bits per heavy atom. The minimum atomic E-state index is -0.0990. The maximum absolute atomic E-state index is 6.15. The molecule has 2 rings (SSSR count). The number of rotatable bonds is 3. The Bertz CT molecular complexity index is 604. The molecule has 1 aromatic heterocycles. The third-order valence-corrected chi connectivity index (χ3v) is 3.31. The van der Waals surface area contributed by atoms with Gasteiger partial charge in [-0.2, -0.15) is 4.98 Å². The van der Waals surface area contributed by atoms with Gasteiger partial charge in [0.1, 0.15) is 0 Å². The number of nitrogens with zero attached hydrogens (tertiary/aromatic N) is 2. The number of anilines is 2. The van der Waals surface area contributed by atoms with Crippen LogP contribution in [0, 0.1) is 0 Å². The van der Waals surface area contributed by atoms with Crippen LogP contribution in [0.25, 0.3) is 0 Å². The van der Waals surface area contributed by atoms with Crippen molar-refractivity contribution in [3.05, 3.63) is 45.3 Å². The largest absolute Gasteiger partial charge is 0.394 e. The van der Waals surface area contributed by atoms with Crippen molar-refractivity contribution in [2.75, 3.05) is 11.1 Å². The molecule has 1 atom stereocenters. The molecule has 0 bridgehead atoms. The van der Waals surface area contributed by atoms with Crippen molar-refractivity contribution in [2.45, 2.75) is 13.0 Å². The van der Waals surface area contributed by atoms with Gasteiger partial charge in [0.2, 0.25) is 5.28 Å². The molecular weight excluding hydrogens is 307 g/mol. The molecule has 19 heavy (non-hydrogen) atoms. The smallest absolute Gasteiger partial charge is 0.224 e. The Labute approximate surface area is 125 Å². The first-order valence-electron chi connectivity index (χ1n) is 5.47. The summed E-state index contributed by atoms with van der Waals surface area (Å²) in [5, 5.41) is 4.43. The van der Waals surface area contributed by atoms with Crippen LogP contribution in [0.15, 0.2) is 24.4 Å². The summed E-state index contributed by atoms with van der Waals surface area (Å²) in [6.45, 7) is 1.94. The third-order valence-electron chi connectivity index (χ3n) is 2.57. The maximum atomic E-state index is 6.15. The van der Waals surface area contributed by atoms with Crippen molar-refractivity contribution in [1.29, 1.82) is 0 Å². The van der Waals surface area contributed by atoms with E-state index in [-0.39, 0.29) is 11.3 Å². The topological polar surface area (TPSA) is 63.8 Å². The standard InChI is InChI=1S/C12H11Cl3N4/c1-6(8-3-2-7(13)4-9(8)14)18-11-10(16)5-17-12(15)19-11/h2-6H,16H2,1H3,(H,17,18,19). The van der Waals surface area contributed by atoms with Crippen LogP contribution in [0.4, 0.5) is 11.5 Å². The van der Waals surface area contributed by atoms with Crippen LogP contribution >= 0.6 is 34.8 Å². The van der Waals surface area contributed by atoms with E-state index >= 15 is 0 Å². The molecule has 0 fully saturated rings. The molecule has 1 heterocycles. The van der Waals surface area contributed by atoms with Gasteiger partial charge in [-0.05, 0) is 36.2 Å². The summed E-state index contributed by atoms with van der Waals surface area (Å²) in [6.07, 6.45) is 1.45. The molecule has 3 N–H and O–H groups in total. The van der Waals surface area contributed by atoms with Crippen molar-refractivity contribution in [3.63, 3.8) is 0 Å². The van der Waals surface area contributed by atoms with Gasteiger partial charge in [0, 0.05) is 10.0 Å². The predicted molar refractivity (Wildman–Crippen MR) is 80.0 cm³/mol. The van der Waals surface area contributed by atoms with Gasteiger partial charge in [0.15, 0.2) is 5.82 Å². The van der Waals surface area contributed by atoms with E-state index in [1.807, 2.05) is 13.0 Å². The fraction of sp³-hybridized carbons (Fsp3) is 0.167. The lowest BCUT2D eigenvalue weighted by Gasteiger charge is -2.17. The number of halogens is 3. The van der Waals surface area contributed by atoms with Crippen molar-refractivity contribution >= 4 is 46.3 Å². The average molecular weight is 318 g/mol. The SMILES string of the molecule is CC(Nc1nc(Cl)ncc1N)c1ccc(Cl)cc1Cl. The number of nitrogens with one attached hydrogen (secondary N) is 1. The van der Waals surface area contributed by atoms with Gasteiger partial charge in [0.05, 0.1) is 17.9 Å². The predicted octanol–water partition coefficient (Wildman–Crippen LogP) is 4.19. The number of aromatic nitrogens is 2. The zero-order valence-corrected chi connectivity index (χ0v) is 12.3. The Hall–Kier alpha value is -1.23. The lowest BCUT2D eigenvalue weighted by Crippen LogP contribution is -2.11. The second-order valence-corrected chi connectivity index (χ2v) is 5.16. The van der Waals surface area contributed by atoms with Crippen molar-refractivity contribution in [3.8, 4) is 0 Å². The summed E-state index contributed by atoms with van der Waals surface area (Å²) < 4.78 is 0. The Morgan fingerprint density at radius 1 is 1.26 bits per heavy atom. The molecule has 0 aliphatic carbocycles. The molecule has 0 spiro atoms. The van der Waals surface area contributed by atoms with E-state index in [2.05, 4.69) is 15.3 Å². The van der Waals surface area contributed by atoms with Crippen LogP contribution in [0.1, 0.15) is 18.5 Å². The highest BCUT2D eigenvalue weighted by Gasteiger charge is 2.12. The van der Waals surface area contributed by atoms with Gasteiger partial charge < -0.3 is 11.1 Å². The highest BCUT2D eigenvalue weighted by Crippen LogP contribution is 2.29. The second kappa shape index (κ2) is 5.82. The number of nitrogens with two attached hydrogens (primary N) is 1. The van der Waals surface area contributed by atoms with Gasteiger partial charge >= 0.3 is 0 Å². The number of hydrogen-bond donors (Lipinski definition) is 2. The molecule has 0 radical (unpaired) electrons. The highest BCUT2D eigenvalue weighted by atomic mass is 35.5. The molecule has 0 aliphatic heterocycles. The number of hydrogen-bond acceptors (Lipinski definition) is 4. The molecule has 0 saturated carbocycles. The van der Waals surface area contributed by atoms with Crippen LogP contribution < -0.4 is 11.1 Å². The summed E-state index contributed by atoms with van der Waals surface area (Å²) in [7, 11) is 0. The fourth-order valence-electron chi connectivity index (χ4n) is 1.62. The first kappa shape index (κ1) is 14.2. The highest BCUT2D eigenvalue weighted by molar-refractivity contribution is 6.35. The summed E-state index contributed by atoms with van der Waals surface area (Å²) in [4.78, 5) is 7.83. The molecule has 0 saturated heterocycles. The number of benzene rings is 1. The molecule has 0 aliphatic rings. The van der Waals surface area contributed by atoms with E-state index in [0.29, 0.717) is 21.6 Å². The van der Waals surface area contributed by atoms with Gasteiger partial charge in [-0.3, -0.25) is 0 Å². The summed E-state index contributed by atoms with van der Waals surface area (Å²) in [5.41, 5.74) is 7.08. The molecule has 1 unspecified atom stereocenters. The lowest BCUT2D eigenvalue weighted by molar-refractivity contribution is 0.873. The molecular formula is C12H11Cl3N4. The lowest BCUT2D eigenvalue weighted by atomic mass is 10.1. The van der Waals surface area contributed by atoms with Gasteiger partial charge in [-0.1, -0.05) is 29.3 Å². The normalized spacial score (nSPS) is 12.2. The van der Waals surface area contributed by atoms with Crippen molar-refractivity contribution in [1.82, 2.24) is 9.97 Å². The van der Waals surface area contributed by atoms with E-state index in [4.69, 9.17) is 40.5 Å². The minimum absolute atomic E-state index is 0.0990. The minimum Gasteiger partial charge on any atom is -0.394 e. The van der Waals surface area contributed by atoms with Crippen LogP contribution in [0.5, 0.6) is 0 Å². The zero-order chi connectivity index (χ0) is 14.0. The molecule has 1 aromatic carbocycles. The van der Waals surface area contributed by atoms with E-state index in [0.717, 1.165) is 5.56 Å². The molecule has 100 valence electrons.